The van der Waals surface area contributed by atoms with Crippen LogP contribution < -0.4 is 0 Å². The maximum absolute atomic E-state index is 10.6. The molecule has 3 heteroatoms. The van der Waals surface area contributed by atoms with Crippen molar-refractivity contribution in [3.63, 3.8) is 0 Å². The van der Waals surface area contributed by atoms with E-state index in [0.29, 0.717) is 6.61 Å². The highest BCUT2D eigenvalue weighted by molar-refractivity contribution is 5.65. The van der Waals surface area contributed by atoms with Crippen molar-refractivity contribution in [3.05, 3.63) is 35.4 Å². The van der Waals surface area contributed by atoms with Gasteiger partial charge in [0, 0.05) is 26.6 Å². The lowest BCUT2D eigenvalue weighted by Crippen LogP contribution is -2.33. The lowest BCUT2D eigenvalue weighted by atomic mass is 10.0. The maximum Gasteiger partial charge on any atom is 0.302 e. The second-order valence-corrected chi connectivity index (χ2v) is 4.13. The van der Waals surface area contributed by atoms with E-state index in [9.17, 15) is 4.79 Å². The molecule has 0 aromatic heterocycles. The first-order valence-electron chi connectivity index (χ1n) is 5.68. The molecule has 0 unspecified atom stereocenters. The molecule has 0 bridgehead atoms. The smallest absolute Gasteiger partial charge is 0.302 e. The first-order valence-corrected chi connectivity index (χ1v) is 5.68. The normalized spacial score (nSPS) is 15.6. The Morgan fingerprint density at radius 1 is 1.38 bits per heavy atom. The molecule has 2 rings (SSSR count). The van der Waals surface area contributed by atoms with Gasteiger partial charge in [0.15, 0.2) is 0 Å². The molecule has 0 radical (unpaired) electrons. The van der Waals surface area contributed by atoms with Crippen molar-refractivity contribution in [1.82, 2.24) is 4.90 Å². The monoisotopic (exact) mass is 219 g/mol. The van der Waals surface area contributed by atoms with Crippen LogP contribution >= 0.6 is 0 Å². The number of benzene rings is 1. The van der Waals surface area contributed by atoms with Crippen molar-refractivity contribution < 1.29 is 9.53 Å². The van der Waals surface area contributed by atoms with Gasteiger partial charge in [0.25, 0.3) is 0 Å². The quantitative estimate of drug-likeness (QED) is 0.723. The van der Waals surface area contributed by atoms with Crippen LogP contribution in [0, 0.1) is 0 Å². The highest BCUT2D eigenvalue weighted by Gasteiger charge is 2.15. The molecule has 1 aliphatic heterocycles. The molecule has 1 aromatic carbocycles. The van der Waals surface area contributed by atoms with Crippen LogP contribution in [-0.2, 0) is 22.5 Å². The Hall–Kier alpha value is -1.35. The number of fused-ring (bicyclic) bond motifs is 1. The third-order valence-electron chi connectivity index (χ3n) is 2.92. The Kier molecular flexibility index (Phi) is 3.57. The zero-order chi connectivity index (χ0) is 11.4. The van der Waals surface area contributed by atoms with E-state index in [0.717, 1.165) is 26.1 Å². The number of hydrogen-bond donors (Lipinski definition) is 0. The van der Waals surface area contributed by atoms with Crippen LogP contribution in [0.25, 0.3) is 0 Å². The van der Waals surface area contributed by atoms with Gasteiger partial charge in [-0.15, -0.1) is 0 Å². The van der Waals surface area contributed by atoms with Crippen molar-refractivity contribution in [2.24, 2.45) is 0 Å². The minimum Gasteiger partial charge on any atom is -0.465 e. The van der Waals surface area contributed by atoms with Gasteiger partial charge >= 0.3 is 5.97 Å². The third kappa shape index (κ3) is 2.83. The van der Waals surface area contributed by atoms with Crippen molar-refractivity contribution in [1.29, 1.82) is 0 Å². The number of rotatable bonds is 3. The van der Waals surface area contributed by atoms with Gasteiger partial charge in [0.2, 0.25) is 0 Å². The van der Waals surface area contributed by atoms with Gasteiger partial charge in [-0.3, -0.25) is 9.69 Å². The summed E-state index contributed by atoms with van der Waals surface area (Å²) in [5.41, 5.74) is 2.85. The van der Waals surface area contributed by atoms with Gasteiger partial charge < -0.3 is 4.74 Å². The summed E-state index contributed by atoms with van der Waals surface area (Å²) in [7, 11) is 0. The van der Waals surface area contributed by atoms with Crippen LogP contribution in [0.3, 0.4) is 0 Å². The number of esters is 1. The van der Waals surface area contributed by atoms with Gasteiger partial charge in [-0.1, -0.05) is 24.3 Å². The summed E-state index contributed by atoms with van der Waals surface area (Å²) in [6, 6.07) is 8.54. The zero-order valence-electron chi connectivity index (χ0n) is 9.61. The Balaban J connectivity index is 1.86. The fourth-order valence-electron chi connectivity index (χ4n) is 2.06. The van der Waals surface area contributed by atoms with Crippen LogP contribution in [0.4, 0.5) is 0 Å². The van der Waals surface area contributed by atoms with E-state index in [1.54, 1.807) is 0 Å². The van der Waals surface area contributed by atoms with E-state index < -0.39 is 0 Å². The molecule has 0 amide bonds. The Bertz CT molecular complexity index is 376. The van der Waals surface area contributed by atoms with Gasteiger partial charge in [-0.25, -0.2) is 0 Å². The summed E-state index contributed by atoms with van der Waals surface area (Å²) in [6.45, 7) is 4.80. The molecular weight excluding hydrogens is 202 g/mol. The molecule has 1 aromatic rings. The van der Waals surface area contributed by atoms with Crippen LogP contribution in [0.5, 0.6) is 0 Å². The summed E-state index contributed by atoms with van der Waals surface area (Å²) in [6.07, 6.45) is 1.09. The number of ether oxygens (including phenoxy) is 1. The Labute approximate surface area is 96.0 Å². The second kappa shape index (κ2) is 5.12. The van der Waals surface area contributed by atoms with E-state index in [-0.39, 0.29) is 5.97 Å². The van der Waals surface area contributed by atoms with Crippen molar-refractivity contribution in [2.45, 2.75) is 19.9 Å². The molecule has 1 heterocycles. The van der Waals surface area contributed by atoms with Crippen LogP contribution in [0.1, 0.15) is 18.1 Å². The first-order chi connectivity index (χ1) is 7.75. The molecule has 3 nitrogen and oxygen atoms in total. The second-order valence-electron chi connectivity index (χ2n) is 4.13. The van der Waals surface area contributed by atoms with Gasteiger partial charge in [0.05, 0.1) is 0 Å². The van der Waals surface area contributed by atoms with E-state index in [4.69, 9.17) is 4.74 Å². The molecule has 86 valence electrons. The average Bonchev–Trinajstić information content (AvgIpc) is 2.28. The summed E-state index contributed by atoms with van der Waals surface area (Å²) >= 11 is 0. The molecule has 0 aliphatic carbocycles. The predicted octanol–water partition coefficient (Wildman–Crippen LogP) is 1.61. The molecule has 0 saturated heterocycles. The molecule has 0 atom stereocenters. The maximum atomic E-state index is 10.6. The number of nitrogens with zero attached hydrogens (tertiary/aromatic N) is 1. The average molecular weight is 219 g/mol. The predicted molar refractivity (Wildman–Crippen MR) is 62.1 cm³/mol. The fourth-order valence-corrected chi connectivity index (χ4v) is 2.06. The molecule has 1 aliphatic rings. The van der Waals surface area contributed by atoms with Crippen molar-refractivity contribution in [3.8, 4) is 0 Å². The highest BCUT2D eigenvalue weighted by Crippen LogP contribution is 2.17. The molecular formula is C13H17NO2. The van der Waals surface area contributed by atoms with Crippen LogP contribution in [-0.4, -0.2) is 30.6 Å². The highest BCUT2D eigenvalue weighted by atomic mass is 16.5. The van der Waals surface area contributed by atoms with Crippen molar-refractivity contribution in [2.75, 3.05) is 19.7 Å². The molecule has 0 spiro atoms. The summed E-state index contributed by atoms with van der Waals surface area (Å²) in [5, 5.41) is 0. The standard InChI is InChI=1S/C13H17NO2/c1-11(15)16-9-8-14-7-6-12-4-2-3-5-13(12)10-14/h2-5H,6-10H2,1H3. The summed E-state index contributed by atoms with van der Waals surface area (Å²) in [4.78, 5) is 13.0. The fraction of sp³-hybridized carbons (Fsp3) is 0.462. The van der Waals surface area contributed by atoms with E-state index in [2.05, 4.69) is 29.2 Å². The lowest BCUT2D eigenvalue weighted by molar-refractivity contribution is -0.141. The van der Waals surface area contributed by atoms with Gasteiger partial charge in [-0.2, -0.15) is 0 Å². The Morgan fingerprint density at radius 3 is 2.88 bits per heavy atom. The lowest BCUT2D eigenvalue weighted by Gasteiger charge is -2.28. The molecule has 0 fully saturated rings. The third-order valence-corrected chi connectivity index (χ3v) is 2.92. The number of hydrogen-bond acceptors (Lipinski definition) is 3. The van der Waals surface area contributed by atoms with Crippen molar-refractivity contribution >= 4 is 5.97 Å². The SMILES string of the molecule is CC(=O)OCCN1CCc2ccccc2C1. The summed E-state index contributed by atoms with van der Waals surface area (Å²) < 4.78 is 4.95. The Morgan fingerprint density at radius 2 is 2.12 bits per heavy atom. The first kappa shape index (κ1) is 11.1. The van der Waals surface area contributed by atoms with Crippen LogP contribution in [0.2, 0.25) is 0 Å². The number of carbonyl (C=O) groups excluding carboxylic acids is 1. The molecule has 16 heavy (non-hydrogen) atoms. The van der Waals surface area contributed by atoms with Gasteiger partial charge in [0.1, 0.15) is 6.61 Å². The zero-order valence-corrected chi connectivity index (χ0v) is 9.61. The molecule has 0 N–H and O–H groups in total. The van der Waals surface area contributed by atoms with E-state index in [1.165, 1.54) is 18.1 Å². The van der Waals surface area contributed by atoms with Gasteiger partial charge in [-0.05, 0) is 17.5 Å². The minimum atomic E-state index is -0.197. The topological polar surface area (TPSA) is 29.5 Å². The largest absolute Gasteiger partial charge is 0.465 e. The van der Waals surface area contributed by atoms with E-state index >= 15 is 0 Å². The summed E-state index contributed by atoms with van der Waals surface area (Å²) in [5.74, 6) is -0.197. The minimum absolute atomic E-state index is 0.197. The van der Waals surface area contributed by atoms with E-state index in [1.807, 2.05) is 0 Å². The molecule has 0 saturated carbocycles. The number of carbonyl (C=O) groups is 1. The van der Waals surface area contributed by atoms with Crippen LogP contribution in [0.15, 0.2) is 24.3 Å².